The van der Waals surface area contributed by atoms with Gasteiger partial charge in [0.2, 0.25) is 5.91 Å². The second-order valence-corrected chi connectivity index (χ2v) is 3.90. The Balaban J connectivity index is 2.36. The van der Waals surface area contributed by atoms with E-state index in [4.69, 9.17) is 5.11 Å². The van der Waals surface area contributed by atoms with Crippen LogP contribution in [0.4, 0.5) is 10.1 Å². The van der Waals surface area contributed by atoms with E-state index >= 15 is 0 Å². The molecule has 0 unspecified atom stereocenters. The molecule has 6 heteroatoms. The number of rotatable bonds is 3. The van der Waals surface area contributed by atoms with Gasteiger partial charge in [0, 0.05) is 11.6 Å². The summed E-state index contributed by atoms with van der Waals surface area (Å²) in [7, 11) is 0. The van der Waals surface area contributed by atoms with Crippen molar-refractivity contribution in [2.75, 3.05) is 5.32 Å². The first-order chi connectivity index (χ1) is 7.99. The summed E-state index contributed by atoms with van der Waals surface area (Å²) in [6.45, 7) is 0. The van der Waals surface area contributed by atoms with E-state index in [2.05, 4.69) is 5.32 Å². The van der Waals surface area contributed by atoms with Crippen LogP contribution < -0.4 is 10.4 Å². The molecule has 0 heterocycles. The Kier molecular flexibility index (Phi) is 2.71. The van der Waals surface area contributed by atoms with E-state index < -0.39 is 29.0 Å². The molecule has 1 aromatic rings. The lowest BCUT2D eigenvalue weighted by molar-refractivity contribution is -0.267. The maximum Gasteiger partial charge on any atom is 0.337 e. The molecule has 0 aliphatic heterocycles. The van der Waals surface area contributed by atoms with Crippen molar-refractivity contribution in [3.8, 4) is 5.75 Å². The highest BCUT2D eigenvalue weighted by Gasteiger charge is 2.30. The number of halogens is 1. The molecule has 1 amide bonds. The highest BCUT2D eigenvalue weighted by Crippen LogP contribution is 2.33. The van der Waals surface area contributed by atoms with Gasteiger partial charge in [-0.3, -0.25) is 4.79 Å². The largest absolute Gasteiger partial charge is 0.871 e. The summed E-state index contributed by atoms with van der Waals surface area (Å²) < 4.78 is 12.9. The molecule has 0 atom stereocenters. The molecule has 2 rings (SSSR count). The number of carbonyl (C=O) groups excluding carboxylic acids is 1. The van der Waals surface area contributed by atoms with Gasteiger partial charge in [-0.05, 0) is 25.0 Å². The monoisotopic (exact) mass is 238 g/mol. The van der Waals surface area contributed by atoms with Crippen LogP contribution in [0.3, 0.4) is 0 Å². The van der Waals surface area contributed by atoms with Gasteiger partial charge in [0.15, 0.2) is 0 Å². The molecular weight excluding hydrogens is 229 g/mol. The van der Waals surface area contributed by atoms with Gasteiger partial charge >= 0.3 is 5.97 Å². The molecular formula is C11H9FNO4-. The van der Waals surface area contributed by atoms with E-state index in [0.717, 1.165) is 12.8 Å². The van der Waals surface area contributed by atoms with Crippen LogP contribution in [0.2, 0.25) is 0 Å². The fraction of sp³-hybridized carbons (Fsp3) is 0.273. The van der Waals surface area contributed by atoms with E-state index in [9.17, 15) is 19.1 Å². The molecule has 1 aromatic carbocycles. The first-order valence-electron chi connectivity index (χ1n) is 5.03. The Bertz CT molecular complexity index is 496. The van der Waals surface area contributed by atoms with E-state index in [0.29, 0.717) is 12.1 Å². The van der Waals surface area contributed by atoms with Crippen molar-refractivity contribution in [3.63, 3.8) is 0 Å². The summed E-state index contributed by atoms with van der Waals surface area (Å²) >= 11 is 0. The smallest absolute Gasteiger partial charge is 0.337 e. The van der Waals surface area contributed by atoms with Crippen LogP contribution in [0.15, 0.2) is 12.1 Å². The minimum Gasteiger partial charge on any atom is -0.871 e. The minimum absolute atomic E-state index is 0.166. The van der Waals surface area contributed by atoms with E-state index in [1.165, 1.54) is 0 Å². The van der Waals surface area contributed by atoms with Crippen LogP contribution in [-0.2, 0) is 4.79 Å². The van der Waals surface area contributed by atoms with Crippen LogP contribution >= 0.6 is 0 Å². The minimum atomic E-state index is -1.45. The van der Waals surface area contributed by atoms with Gasteiger partial charge < -0.3 is 15.5 Å². The van der Waals surface area contributed by atoms with E-state index in [1.807, 2.05) is 0 Å². The first-order valence-corrected chi connectivity index (χ1v) is 5.03. The summed E-state index contributed by atoms with van der Waals surface area (Å²) in [5.74, 6) is -3.78. The Morgan fingerprint density at radius 3 is 2.59 bits per heavy atom. The van der Waals surface area contributed by atoms with E-state index in [1.54, 1.807) is 0 Å². The van der Waals surface area contributed by atoms with Gasteiger partial charge in [-0.25, -0.2) is 9.18 Å². The lowest BCUT2D eigenvalue weighted by atomic mass is 10.1. The van der Waals surface area contributed by atoms with Crippen LogP contribution in [0, 0.1) is 11.7 Å². The fourth-order valence-electron chi connectivity index (χ4n) is 1.45. The lowest BCUT2D eigenvalue weighted by Crippen LogP contribution is -2.18. The second kappa shape index (κ2) is 4.04. The van der Waals surface area contributed by atoms with Crippen molar-refractivity contribution in [1.82, 2.24) is 0 Å². The molecule has 1 fully saturated rings. The Labute approximate surface area is 95.9 Å². The molecule has 0 saturated heterocycles. The summed E-state index contributed by atoms with van der Waals surface area (Å²) in [6, 6.07) is 1.36. The maximum absolute atomic E-state index is 12.9. The fourth-order valence-corrected chi connectivity index (χ4v) is 1.45. The van der Waals surface area contributed by atoms with Crippen LogP contribution in [0.5, 0.6) is 5.75 Å². The van der Waals surface area contributed by atoms with E-state index in [-0.39, 0.29) is 11.6 Å². The third kappa shape index (κ3) is 2.35. The highest BCUT2D eigenvalue weighted by molar-refractivity contribution is 6.03. The number of amides is 1. The second-order valence-electron chi connectivity index (χ2n) is 3.90. The number of nitrogens with one attached hydrogen (secondary N) is 1. The van der Waals surface area contributed by atoms with Crippen LogP contribution in [0.1, 0.15) is 23.2 Å². The molecule has 2 N–H and O–H groups in total. The Morgan fingerprint density at radius 1 is 1.41 bits per heavy atom. The van der Waals surface area contributed by atoms with Crippen molar-refractivity contribution < 1.29 is 24.2 Å². The van der Waals surface area contributed by atoms with Gasteiger partial charge in [0.1, 0.15) is 5.82 Å². The van der Waals surface area contributed by atoms with Crippen molar-refractivity contribution in [3.05, 3.63) is 23.5 Å². The number of carbonyl (C=O) groups is 2. The van der Waals surface area contributed by atoms with Gasteiger partial charge in [-0.2, -0.15) is 0 Å². The van der Waals surface area contributed by atoms with Gasteiger partial charge in [0.05, 0.1) is 5.56 Å². The van der Waals surface area contributed by atoms with Crippen LogP contribution in [0.25, 0.3) is 0 Å². The number of benzene rings is 1. The van der Waals surface area contributed by atoms with Gasteiger partial charge in [-0.15, -0.1) is 0 Å². The summed E-state index contributed by atoms with van der Waals surface area (Å²) in [5, 5.41) is 22.5. The average molecular weight is 238 g/mol. The summed E-state index contributed by atoms with van der Waals surface area (Å²) in [4.78, 5) is 22.3. The number of aromatic carboxylic acids is 1. The predicted octanol–water partition coefficient (Wildman–Crippen LogP) is 0.946. The van der Waals surface area contributed by atoms with Crippen molar-refractivity contribution in [2.24, 2.45) is 5.92 Å². The molecule has 1 aliphatic rings. The molecule has 0 bridgehead atoms. The van der Waals surface area contributed by atoms with Crippen molar-refractivity contribution in [1.29, 1.82) is 0 Å². The number of hydrogen-bond donors (Lipinski definition) is 2. The molecule has 0 spiro atoms. The normalized spacial score (nSPS) is 14.4. The number of carboxylic acids is 1. The number of anilines is 1. The van der Waals surface area contributed by atoms with Gasteiger partial charge in [0.25, 0.3) is 0 Å². The molecule has 5 nitrogen and oxygen atoms in total. The van der Waals surface area contributed by atoms with Crippen LogP contribution in [-0.4, -0.2) is 17.0 Å². The zero-order valence-electron chi connectivity index (χ0n) is 8.70. The summed E-state index contributed by atoms with van der Waals surface area (Å²) in [5.41, 5.74) is -0.889. The third-order valence-electron chi connectivity index (χ3n) is 2.49. The van der Waals surface area contributed by atoms with Crippen molar-refractivity contribution in [2.45, 2.75) is 12.8 Å². The zero-order valence-corrected chi connectivity index (χ0v) is 8.70. The molecule has 1 aliphatic carbocycles. The average Bonchev–Trinajstić information content (AvgIpc) is 3.04. The standard InChI is InChI=1S/C11H10FNO4/c12-6-3-7(11(16)17)9(8(14)4-6)13-10(15)5-1-2-5/h3-5,14H,1-2H2,(H,13,15)(H,16,17)/p-1. The quantitative estimate of drug-likeness (QED) is 0.820. The molecule has 1 saturated carbocycles. The third-order valence-corrected chi connectivity index (χ3v) is 2.49. The SMILES string of the molecule is O=C(O)c1cc(F)cc([O-])c1NC(=O)C1CC1. The predicted molar refractivity (Wildman–Crippen MR) is 54.2 cm³/mol. The van der Waals surface area contributed by atoms with Gasteiger partial charge in [-0.1, -0.05) is 5.75 Å². The molecule has 0 radical (unpaired) electrons. The Hall–Kier alpha value is -2.11. The molecule has 17 heavy (non-hydrogen) atoms. The highest BCUT2D eigenvalue weighted by atomic mass is 19.1. The first kappa shape index (κ1) is 11.4. The zero-order chi connectivity index (χ0) is 12.6. The molecule has 0 aromatic heterocycles. The lowest BCUT2D eigenvalue weighted by Gasteiger charge is -2.17. The number of carboxylic acid groups (broad SMARTS) is 1. The molecule has 90 valence electrons. The topological polar surface area (TPSA) is 89.5 Å². The Morgan fingerprint density at radius 2 is 2.06 bits per heavy atom. The number of hydrogen-bond acceptors (Lipinski definition) is 3. The summed E-state index contributed by atoms with van der Waals surface area (Å²) in [6.07, 6.45) is 1.45. The maximum atomic E-state index is 12.9. The van der Waals surface area contributed by atoms with Crippen molar-refractivity contribution >= 4 is 17.6 Å².